The van der Waals surface area contributed by atoms with Crippen LogP contribution >= 0.6 is 0 Å². The lowest BCUT2D eigenvalue weighted by Gasteiger charge is -2.46. The van der Waals surface area contributed by atoms with Gasteiger partial charge in [-0.2, -0.15) is 0 Å². The van der Waals surface area contributed by atoms with Crippen LogP contribution in [0.25, 0.3) is 0 Å². The Bertz CT molecular complexity index is 530. The van der Waals surface area contributed by atoms with Gasteiger partial charge in [-0.1, -0.05) is 11.4 Å². The lowest BCUT2D eigenvalue weighted by atomic mass is 10.2. The molecule has 0 radical (unpaired) electrons. The van der Waals surface area contributed by atoms with Crippen LogP contribution in [-0.4, -0.2) is 29.0 Å². The molecule has 0 heterocycles. The number of nitrogens with zero attached hydrogens (tertiary/aromatic N) is 1. The summed E-state index contributed by atoms with van der Waals surface area (Å²) < 4.78 is 7.55. The predicted molar refractivity (Wildman–Crippen MR) is 100 cm³/mol. The summed E-state index contributed by atoms with van der Waals surface area (Å²) in [5.74, 6) is -0.277. The van der Waals surface area contributed by atoms with Gasteiger partial charge in [-0.15, -0.1) is 13.2 Å². The van der Waals surface area contributed by atoms with Gasteiger partial charge in [-0.05, 0) is 57.4 Å². The fourth-order valence-electron chi connectivity index (χ4n) is 2.55. The molecule has 5 heteroatoms. The number of benzene rings is 1. The van der Waals surface area contributed by atoms with E-state index in [-0.39, 0.29) is 5.97 Å². The molecule has 1 aromatic carbocycles. The summed E-state index contributed by atoms with van der Waals surface area (Å²) in [6, 6.07) is 7.68. The van der Waals surface area contributed by atoms with Crippen LogP contribution < -0.4 is 4.23 Å². The van der Waals surface area contributed by atoms with Crippen molar-refractivity contribution < 1.29 is 9.53 Å². The van der Waals surface area contributed by atoms with Crippen LogP contribution in [0.5, 0.6) is 0 Å². The second-order valence-electron chi connectivity index (χ2n) is 6.32. The fraction of sp³-hybridized carbons (Fsp3) is 0.353. The van der Waals surface area contributed by atoms with Gasteiger partial charge in [-0.3, -0.25) is 0 Å². The van der Waals surface area contributed by atoms with E-state index in [4.69, 9.17) is 4.74 Å². The summed E-state index contributed by atoms with van der Waals surface area (Å²) >= 11 is 0. The van der Waals surface area contributed by atoms with Gasteiger partial charge in [0.2, 0.25) is 0 Å². The largest absolute Gasteiger partial charge is 0.462 e. The van der Waals surface area contributed by atoms with Crippen molar-refractivity contribution in [3.63, 3.8) is 0 Å². The van der Waals surface area contributed by atoms with Gasteiger partial charge < -0.3 is 8.97 Å². The molecule has 0 amide bonds. The third-order valence-electron chi connectivity index (χ3n) is 3.79. The average Bonchev–Trinajstić information content (AvgIpc) is 2.48. The van der Waals surface area contributed by atoms with Crippen molar-refractivity contribution in [2.75, 3.05) is 10.8 Å². The molecule has 3 nitrogen and oxygen atoms in total. The van der Waals surface area contributed by atoms with E-state index >= 15 is 0 Å². The van der Waals surface area contributed by atoms with E-state index in [0.717, 1.165) is 5.69 Å². The van der Waals surface area contributed by atoms with Gasteiger partial charge in [-0.25, -0.2) is 4.79 Å². The number of rotatable bonds is 7. The molecule has 22 heavy (non-hydrogen) atoms. The molecule has 0 aliphatic heterocycles. The van der Waals surface area contributed by atoms with Crippen LogP contribution in [0.3, 0.4) is 0 Å². The zero-order valence-electron chi connectivity index (χ0n) is 14.3. The average molecular weight is 334 g/mol. The molecular formula is C17H27NO2Si2. The first-order chi connectivity index (χ1) is 10.2. The third-order valence-corrected chi connectivity index (χ3v) is 12.1. The Morgan fingerprint density at radius 2 is 1.55 bits per heavy atom. The Kier molecular flexibility index (Phi) is 5.96. The molecule has 0 N–H and O–H groups in total. The van der Waals surface area contributed by atoms with Crippen molar-refractivity contribution >= 4 is 28.1 Å². The minimum atomic E-state index is -1.79. The highest BCUT2D eigenvalue weighted by Gasteiger charge is 2.37. The molecule has 0 saturated heterocycles. The molecule has 0 bridgehead atoms. The van der Waals surface area contributed by atoms with Crippen molar-refractivity contribution in [1.82, 2.24) is 0 Å². The maximum absolute atomic E-state index is 11.8. The van der Waals surface area contributed by atoms with Crippen LogP contribution in [0.2, 0.25) is 26.2 Å². The number of anilines is 1. The number of carbonyl (C=O) groups excluding carboxylic acids is 1. The van der Waals surface area contributed by atoms with Crippen molar-refractivity contribution in [1.29, 1.82) is 0 Å². The van der Waals surface area contributed by atoms with E-state index in [1.54, 1.807) is 0 Å². The van der Waals surface area contributed by atoms with E-state index in [1.165, 1.54) is 0 Å². The summed E-state index contributed by atoms with van der Waals surface area (Å²) in [7, 11) is -3.58. The number of hydrogen-bond acceptors (Lipinski definition) is 3. The van der Waals surface area contributed by atoms with E-state index in [1.807, 2.05) is 31.2 Å². The topological polar surface area (TPSA) is 29.5 Å². The molecule has 0 saturated carbocycles. The predicted octanol–water partition coefficient (Wildman–Crippen LogP) is 4.53. The van der Waals surface area contributed by atoms with Gasteiger partial charge in [0.05, 0.1) is 12.2 Å². The maximum atomic E-state index is 11.8. The van der Waals surface area contributed by atoms with E-state index in [0.29, 0.717) is 12.2 Å². The van der Waals surface area contributed by atoms with Gasteiger partial charge in [0.15, 0.2) is 16.5 Å². The van der Waals surface area contributed by atoms with E-state index in [2.05, 4.69) is 55.0 Å². The Labute approximate surface area is 136 Å². The summed E-state index contributed by atoms with van der Waals surface area (Å²) in [6.07, 6.45) is 0. The number of hydrogen-bond donors (Lipinski definition) is 0. The minimum Gasteiger partial charge on any atom is -0.462 e. The summed E-state index contributed by atoms with van der Waals surface area (Å²) in [6.45, 7) is 19.4. The third kappa shape index (κ3) is 3.98. The molecule has 0 fully saturated rings. The molecule has 1 rings (SSSR count). The Balaban J connectivity index is 3.25. The zero-order valence-corrected chi connectivity index (χ0v) is 16.3. The Hall–Kier alpha value is -1.60. The first-order valence-corrected chi connectivity index (χ1v) is 13.6. The number of carbonyl (C=O) groups is 1. The molecular weight excluding hydrogens is 306 g/mol. The molecule has 0 spiro atoms. The second-order valence-corrected chi connectivity index (χ2v) is 15.1. The summed E-state index contributed by atoms with van der Waals surface area (Å²) in [4.78, 5) is 11.8. The zero-order chi connectivity index (χ0) is 17.0. The smallest absolute Gasteiger partial charge is 0.338 e. The second kappa shape index (κ2) is 7.11. The SMILES string of the molecule is C=C[Si](C)(C)N(c1ccc(C(=O)OCC)cc1)[Si](C)(C)C=C. The Morgan fingerprint density at radius 1 is 1.09 bits per heavy atom. The molecule has 120 valence electrons. The standard InChI is InChI=1S/C17H27NO2Si2/c1-8-20-17(19)15-11-13-16(14-12-15)18(21(4,5)9-2)22(6,7)10-3/h9-14H,2-3,8H2,1,4-7H3. The van der Waals surface area contributed by atoms with E-state index in [9.17, 15) is 4.79 Å². The maximum Gasteiger partial charge on any atom is 0.338 e. The van der Waals surface area contributed by atoms with E-state index < -0.39 is 16.5 Å². The highest BCUT2D eigenvalue weighted by Crippen LogP contribution is 2.29. The van der Waals surface area contributed by atoms with Crippen LogP contribution in [0.1, 0.15) is 17.3 Å². The molecule has 0 atom stereocenters. The van der Waals surface area contributed by atoms with Gasteiger partial charge in [0.25, 0.3) is 0 Å². The first-order valence-electron chi connectivity index (χ1n) is 7.54. The van der Waals surface area contributed by atoms with Crippen LogP contribution in [-0.2, 0) is 4.74 Å². The monoisotopic (exact) mass is 333 g/mol. The lowest BCUT2D eigenvalue weighted by molar-refractivity contribution is 0.0526. The number of esters is 1. The number of ether oxygens (including phenoxy) is 1. The highest BCUT2D eigenvalue weighted by molar-refractivity contribution is 7.04. The highest BCUT2D eigenvalue weighted by atomic mass is 28.4. The van der Waals surface area contributed by atoms with Crippen LogP contribution in [0.15, 0.2) is 48.8 Å². The molecule has 0 aromatic heterocycles. The molecule has 0 aliphatic rings. The van der Waals surface area contributed by atoms with Crippen molar-refractivity contribution in [2.24, 2.45) is 0 Å². The quantitative estimate of drug-likeness (QED) is 0.542. The first kappa shape index (κ1) is 18.5. The molecule has 1 aromatic rings. The Morgan fingerprint density at radius 3 is 1.91 bits per heavy atom. The fourth-order valence-corrected chi connectivity index (χ4v) is 11.0. The van der Waals surface area contributed by atoms with Crippen molar-refractivity contribution in [3.8, 4) is 0 Å². The lowest BCUT2D eigenvalue weighted by Crippen LogP contribution is -2.61. The minimum absolute atomic E-state index is 0.277. The van der Waals surface area contributed by atoms with Crippen molar-refractivity contribution in [2.45, 2.75) is 33.1 Å². The van der Waals surface area contributed by atoms with Gasteiger partial charge in [0, 0.05) is 5.69 Å². The summed E-state index contributed by atoms with van der Waals surface area (Å²) in [5.41, 5.74) is 5.89. The van der Waals surface area contributed by atoms with Crippen LogP contribution in [0, 0.1) is 0 Å². The summed E-state index contributed by atoms with van der Waals surface area (Å²) in [5, 5.41) is 0. The normalized spacial score (nSPS) is 11.7. The molecule has 0 unspecified atom stereocenters. The van der Waals surface area contributed by atoms with Crippen LogP contribution in [0.4, 0.5) is 5.69 Å². The van der Waals surface area contributed by atoms with Gasteiger partial charge in [0.1, 0.15) is 0 Å². The van der Waals surface area contributed by atoms with Gasteiger partial charge >= 0.3 is 5.97 Å². The van der Waals surface area contributed by atoms with Crippen molar-refractivity contribution in [3.05, 3.63) is 54.4 Å². The molecule has 0 aliphatic carbocycles.